The Morgan fingerprint density at radius 3 is 2.90 bits per heavy atom. The summed E-state index contributed by atoms with van der Waals surface area (Å²) in [4.78, 5) is 0. The fourth-order valence-corrected chi connectivity index (χ4v) is 2.99. The first-order valence-corrected chi connectivity index (χ1v) is 7.37. The third-order valence-corrected chi connectivity index (χ3v) is 4.18. The molecule has 0 bridgehead atoms. The van der Waals surface area contributed by atoms with Gasteiger partial charge in [0, 0.05) is 11.6 Å². The Morgan fingerprint density at radius 1 is 1.24 bits per heavy atom. The van der Waals surface area contributed by atoms with Gasteiger partial charge in [-0.1, -0.05) is 42.5 Å². The van der Waals surface area contributed by atoms with E-state index in [0.29, 0.717) is 24.2 Å². The number of nitrogens with two attached hydrogens (primary N) is 1. The van der Waals surface area contributed by atoms with E-state index in [2.05, 4.69) is 12.1 Å². The summed E-state index contributed by atoms with van der Waals surface area (Å²) in [6.07, 6.45) is 1.47. The number of hydrogen-bond donors (Lipinski definition) is 1. The number of benzene rings is 2. The molecule has 0 radical (unpaired) electrons. The van der Waals surface area contributed by atoms with Crippen molar-refractivity contribution in [2.45, 2.75) is 31.9 Å². The Hall–Kier alpha value is -1.71. The number of aryl methyl sites for hydroxylation is 1. The van der Waals surface area contributed by atoms with Gasteiger partial charge in [0.2, 0.25) is 0 Å². The number of fused-ring (bicyclic) bond motifs is 1. The summed E-state index contributed by atoms with van der Waals surface area (Å²) in [7, 11) is 0. The summed E-state index contributed by atoms with van der Waals surface area (Å²) >= 11 is 0. The maximum Gasteiger partial charge on any atom is 0.130 e. The summed E-state index contributed by atoms with van der Waals surface area (Å²) in [5.74, 6) is -0.200. The zero-order valence-corrected chi connectivity index (χ0v) is 12.2. The minimum absolute atomic E-state index is 0.0511. The molecule has 2 N–H and O–H groups in total. The minimum atomic E-state index is -0.360. The highest BCUT2D eigenvalue weighted by Gasteiger charge is 2.24. The summed E-state index contributed by atoms with van der Waals surface area (Å²) in [5.41, 5.74) is 9.93. The predicted molar refractivity (Wildman–Crippen MR) is 81.5 cm³/mol. The van der Waals surface area contributed by atoms with Gasteiger partial charge >= 0.3 is 0 Å². The van der Waals surface area contributed by atoms with Gasteiger partial charge in [0.05, 0.1) is 12.7 Å². The molecule has 1 heterocycles. The summed E-state index contributed by atoms with van der Waals surface area (Å²) in [5, 5.41) is 0. The molecule has 0 fully saturated rings. The van der Waals surface area contributed by atoms with Gasteiger partial charge in [0.1, 0.15) is 5.82 Å². The normalized spacial score (nSPS) is 19.1. The molecule has 0 aliphatic carbocycles. The third kappa shape index (κ3) is 2.85. The molecule has 21 heavy (non-hydrogen) atoms. The zero-order chi connectivity index (χ0) is 14.8. The molecule has 0 saturated carbocycles. The molecule has 0 aromatic heterocycles. The van der Waals surface area contributed by atoms with E-state index in [-0.39, 0.29) is 18.0 Å². The van der Waals surface area contributed by atoms with Crippen molar-refractivity contribution in [3.63, 3.8) is 0 Å². The van der Waals surface area contributed by atoms with E-state index in [4.69, 9.17) is 10.5 Å². The second-order valence-corrected chi connectivity index (χ2v) is 5.63. The Kier molecular flexibility index (Phi) is 4.04. The van der Waals surface area contributed by atoms with E-state index in [1.807, 2.05) is 18.2 Å². The molecule has 0 saturated heterocycles. The Balaban J connectivity index is 1.83. The molecular formula is C18H20FNO. The molecule has 3 rings (SSSR count). The minimum Gasteiger partial charge on any atom is -0.373 e. The lowest BCUT2D eigenvalue weighted by Gasteiger charge is -2.28. The zero-order valence-electron chi connectivity index (χ0n) is 12.2. The smallest absolute Gasteiger partial charge is 0.130 e. The van der Waals surface area contributed by atoms with Gasteiger partial charge in [0.25, 0.3) is 0 Å². The molecule has 110 valence electrons. The molecule has 0 amide bonds. The van der Waals surface area contributed by atoms with Crippen molar-refractivity contribution >= 4 is 0 Å². The molecule has 2 aromatic rings. The third-order valence-electron chi connectivity index (χ3n) is 4.18. The van der Waals surface area contributed by atoms with Crippen LogP contribution in [0, 0.1) is 12.7 Å². The fraction of sp³-hybridized carbons (Fsp3) is 0.333. The molecule has 2 atom stereocenters. The van der Waals surface area contributed by atoms with Crippen LogP contribution in [0.5, 0.6) is 0 Å². The highest BCUT2D eigenvalue weighted by Crippen LogP contribution is 2.34. The highest BCUT2D eigenvalue weighted by molar-refractivity contribution is 5.32. The van der Waals surface area contributed by atoms with E-state index >= 15 is 0 Å². The van der Waals surface area contributed by atoms with E-state index < -0.39 is 0 Å². The topological polar surface area (TPSA) is 35.2 Å². The van der Waals surface area contributed by atoms with Crippen LogP contribution in [0.25, 0.3) is 0 Å². The Labute approximate surface area is 124 Å². The van der Waals surface area contributed by atoms with Crippen LogP contribution in [0.4, 0.5) is 4.39 Å². The van der Waals surface area contributed by atoms with Crippen LogP contribution >= 0.6 is 0 Å². The van der Waals surface area contributed by atoms with Gasteiger partial charge < -0.3 is 10.5 Å². The number of rotatable bonds is 3. The molecule has 2 nitrogen and oxygen atoms in total. The maximum atomic E-state index is 14.2. The van der Waals surface area contributed by atoms with Crippen LogP contribution in [0.15, 0.2) is 42.5 Å². The first-order chi connectivity index (χ1) is 10.2. The monoisotopic (exact) mass is 285 g/mol. The summed E-state index contributed by atoms with van der Waals surface area (Å²) < 4.78 is 20.0. The highest BCUT2D eigenvalue weighted by atomic mass is 19.1. The van der Waals surface area contributed by atoms with Crippen molar-refractivity contribution < 1.29 is 9.13 Å². The van der Waals surface area contributed by atoms with Gasteiger partial charge in [-0.05, 0) is 36.5 Å². The van der Waals surface area contributed by atoms with Crippen molar-refractivity contribution in [2.75, 3.05) is 6.61 Å². The average Bonchev–Trinajstić information content (AvgIpc) is 2.50. The van der Waals surface area contributed by atoms with Crippen molar-refractivity contribution in [3.05, 3.63) is 70.5 Å². The van der Waals surface area contributed by atoms with Crippen LogP contribution in [-0.2, 0) is 11.2 Å². The SMILES string of the molecule is Cc1cccc(C(N)CC2OCCc3ccccc32)c1F. The van der Waals surface area contributed by atoms with Crippen molar-refractivity contribution in [2.24, 2.45) is 5.73 Å². The van der Waals surface area contributed by atoms with Crippen LogP contribution in [0.2, 0.25) is 0 Å². The van der Waals surface area contributed by atoms with Gasteiger partial charge in [-0.15, -0.1) is 0 Å². The summed E-state index contributed by atoms with van der Waals surface area (Å²) in [6, 6.07) is 13.3. The first kappa shape index (κ1) is 14.2. The second kappa shape index (κ2) is 5.96. The van der Waals surface area contributed by atoms with E-state index in [9.17, 15) is 4.39 Å². The lowest BCUT2D eigenvalue weighted by atomic mass is 9.91. The van der Waals surface area contributed by atoms with Gasteiger partial charge in [-0.2, -0.15) is 0 Å². The molecule has 0 spiro atoms. The van der Waals surface area contributed by atoms with Gasteiger partial charge in [-0.3, -0.25) is 0 Å². The lowest BCUT2D eigenvalue weighted by molar-refractivity contribution is 0.0318. The van der Waals surface area contributed by atoms with Crippen LogP contribution < -0.4 is 5.73 Å². The Bertz CT molecular complexity index is 641. The number of hydrogen-bond acceptors (Lipinski definition) is 2. The second-order valence-electron chi connectivity index (χ2n) is 5.63. The van der Waals surface area contributed by atoms with E-state index in [0.717, 1.165) is 6.42 Å². The standard InChI is InChI=1S/C18H20FNO/c1-12-5-4-8-15(18(12)19)16(20)11-17-14-7-3-2-6-13(14)9-10-21-17/h2-8,16-17H,9-11,20H2,1H3. The van der Waals surface area contributed by atoms with Crippen molar-refractivity contribution in [1.29, 1.82) is 0 Å². The predicted octanol–water partition coefficient (Wildman–Crippen LogP) is 3.84. The number of ether oxygens (including phenoxy) is 1. The maximum absolute atomic E-state index is 14.2. The molecular weight excluding hydrogens is 265 g/mol. The van der Waals surface area contributed by atoms with Crippen molar-refractivity contribution in [3.8, 4) is 0 Å². The first-order valence-electron chi connectivity index (χ1n) is 7.37. The Morgan fingerprint density at radius 2 is 2.05 bits per heavy atom. The molecule has 1 aliphatic rings. The largest absolute Gasteiger partial charge is 0.373 e. The van der Waals surface area contributed by atoms with Crippen LogP contribution in [0.3, 0.4) is 0 Å². The number of halogens is 1. The fourth-order valence-electron chi connectivity index (χ4n) is 2.99. The molecule has 2 aromatic carbocycles. The summed E-state index contributed by atoms with van der Waals surface area (Å²) in [6.45, 7) is 2.46. The van der Waals surface area contributed by atoms with Gasteiger partial charge in [0.15, 0.2) is 0 Å². The molecule has 2 unspecified atom stereocenters. The van der Waals surface area contributed by atoms with E-state index in [1.165, 1.54) is 11.1 Å². The van der Waals surface area contributed by atoms with Crippen LogP contribution in [0.1, 0.15) is 40.8 Å². The van der Waals surface area contributed by atoms with Gasteiger partial charge in [-0.25, -0.2) is 4.39 Å². The van der Waals surface area contributed by atoms with Crippen LogP contribution in [-0.4, -0.2) is 6.61 Å². The lowest BCUT2D eigenvalue weighted by Crippen LogP contribution is -2.22. The molecule has 1 aliphatic heterocycles. The quantitative estimate of drug-likeness (QED) is 0.930. The molecule has 3 heteroatoms. The van der Waals surface area contributed by atoms with Crippen molar-refractivity contribution in [1.82, 2.24) is 0 Å². The van der Waals surface area contributed by atoms with E-state index in [1.54, 1.807) is 19.1 Å². The average molecular weight is 285 g/mol.